The Morgan fingerprint density at radius 3 is 2.48 bits per heavy atom. The minimum absolute atomic E-state index is 0.107. The van der Waals surface area contributed by atoms with Crippen molar-refractivity contribution in [2.75, 3.05) is 5.75 Å². The third kappa shape index (κ3) is 4.94. The molecule has 1 unspecified atom stereocenters. The number of rotatable bonds is 5. The lowest BCUT2D eigenvalue weighted by Gasteiger charge is -2.37. The quantitative estimate of drug-likeness (QED) is 0.448. The molecule has 7 heteroatoms. The topological polar surface area (TPSA) is 68.0 Å². The molecule has 2 aliphatic rings. The van der Waals surface area contributed by atoms with Crippen LogP contribution in [0.5, 0.6) is 0 Å². The maximum atomic E-state index is 11.2. The van der Waals surface area contributed by atoms with Gasteiger partial charge in [-0.1, -0.05) is 24.6 Å². The molecule has 1 saturated heterocycles. The molecule has 1 aliphatic carbocycles. The predicted octanol–water partition coefficient (Wildman–Crippen LogP) is 5.76. The average Bonchev–Trinajstić information content (AvgIpc) is 3.26. The van der Waals surface area contributed by atoms with Crippen molar-refractivity contribution in [2.45, 2.75) is 91.0 Å². The molecule has 1 aromatic carbocycles. The van der Waals surface area contributed by atoms with Gasteiger partial charge in [0, 0.05) is 23.4 Å². The summed E-state index contributed by atoms with van der Waals surface area (Å²) >= 11 is 1.78. The third-order valence-electron chi connectivity index (χ3n) is 5.90. The molecule has 0 N–H and O–H groups in total. The summed E-state index contributed by atoms with van der Waals surface area (Å²) in [4.78, 5) is 18.4. The van der Waals surface area contributed by atoms with E-state index in [-0.39, 0.29) is 22.3 Å². The third-order valence-corrected chi connectivity index (χ3v) is 6.97. The van der Waals surface area contributed by atoms with Gasteiger partial charge in [0.2, 0.25) is 0 Å². The molecular weight excluding hydrogens is 386 g/mol. The minimum Gasteiger partial charge on any atom is -0.371 e. The summed E-state index contributed by atoms with van der Waals surface area (Å²) in [6.07, 6.45) is 5.01. The average molecular weight is 420 g/mol. The van der Waals surface area contributed by atoms with Crippen LogP contribution >= 0.6 is 11.8 Å². The molecule has 1 aliphatic heterocycles. The first kappa shape index (κ1) is 22.1. The standard InChI is InChI=1S/C22H33N3O3S/c1-14-15(2)19(25(26)27)12-11-18(14)23-21-24(17-9-7-8-10-17)20(13-29-21)16(3)28-22(4,5)6/h11-12,16-17,20H,7-10,13H2,1-6H3/t16?,20-/m1/s1. The van der Waals surface area contributed by atoms with Gasteiger partial charge in [0.15, 0.2) is 5.17 Å². The van der Waals surface area contributed by atoms with E-state index in [0.29, 0.717) is 17.6 Å². The lowest BCUT2D eigenvalue weighted by atomic mass is 10.1. The van der Waals surface area contributed by atoms with E-state index in [1.54, 1.807) is 30.8 Å². The van der Waals surface area contributed by atoms with Gasteiger partial charge in [-0.15, -0.1) is 0 Å². The van der Waals surface area contributed by atoms with E-state index < -0.39 is 0 Å². The molecule has 1 saturated carbocycles. The van der Waals surface area contributed by atoms with Crippen LogP contribution in [0.1, 0.15) is 64.5 Å². The van der Waals surface area contributed by atoms with E-state index in [0.717, 1.165) is 22.2 Å². The van der Waals surface area contributed by atoms with Crippen LogP contribution in [-0.4, -0.2) is 44.5 Å². The van der Waals surface area contributed by atoms with Crippen LogP contribution in [0, 0.1) is 24.0 Å². The van der Waals surface area contributed by atoms with Gasteiger partial charge < -0.3 is 9.64 Å². The van der Waals surface area contributed by atoms with Crippen molar-refractivity contribution in [3.63, 3.8) is 0 Å². The number of nitro benzene ring substituents is 1. The maximum Gasteiger partial charge on any atom is 0.272 e. The Bertz CT molecular complexity index is 797. The van der Waals surface area contributed by atoms with Crippen molar-refractivity contribution < 1.29 is 9.66 Å². The fraction of sp³-hybridized carbons (Fsp3) is 0.682. The molecule has 0 radical (unpaired) electrons. The lowest BCUT2D eigenvalue weighted by molar-refractivity contribution is -0.385. The Labute approximate surface area is 178 Å². The van der Waals surface area contributed by atoms with Gasteiger partial charge in [-0.3, -0.25) is 10.1 Å². The largest absolute Gasteiger partial charge is 0.371 e. The highest BCUT2D eigenvalue weighted by molar-refractivity contribution is 8.14. The van der Waals surface area contributed by atoms with Crippen molar-refractivity contribution in [2.24, 2.45) is 4.99 Å². The van der Waals surface area contributed by atoms with Crippen molar-refractivity contribution in [3.05, 3.63) is 33.4 Å². The van der Waals surface area contributed by atoms with Crippen LogP contribution in [0.4, 0.5) is 11.4 Å². The Kier molecular flexibility index (Phi) is 6.58. The van der Waals surface area contributed by atoms with Crippen LogP contribution in [0.15, 0.2) is 17.1 Å². The lowest BCUT2D eigenvalue weighted by Crippen LogP contribution is -2.48. The first-order valence-corrected chi connectivity index (χ1v) is 11.5. The summed E-state index contributed by atoms with van der Waals surface area (Å²) in [6, 6.07) is 4.15. The highest BCUT2D eigenvalue weighted by atomic mass is 32.2. The second kappa shape index (κ2) is 8.64. The van der Waals surface area contributed by atoms with Crippen LogP contribution < -0.4 is 0 Å². The number of hydrogen-bond donors (Lipinski definition) is 0. The summed E-state index contributed by atoms with van der Waals surface area (Å²) in [7, 11) is 0. The van der Waals surface area contributed by atoms with Gasteiger partial charge in [-0.2, -0.15) is 0 Å². The van der Waals surface area contributed by atoms with Gasteiger partial charge in [0.25, 0.3) is 5.69 Å². The molecule has 0 bridgehead atoms. The highest BCUT2D eigenvalue weighted by Crippen LogP contribution is 2.38. The van der Waals surface area contributed by atoms with Crippen molar-refractivity contribution in [3.8, 4) is 0 Å². The van der Waals surface area contributed by atoms with Gasteiger partial charge in [-0.05, 0) is 66.0 Å². The molecular formula is C22H33N3O3S. The molecule has 1 aromatic rings. The Hall–Kier alpha value is -1.60. The Balaban J connectivity index is 1.93. The second-order valence-corrected chi connectivity index (χ2v) is 10.2. The summed E-state index contributed by atoms with van der Waals surface area (Å²) in [5.74, 6) is 0.956. The van der Waals surface area contributed by atoms with Crippen LogP contribution in [-0.2, 0) is 4.74 Å². The molecule has 2 fully saturated rings. The Morgan fingerprint density at radius 2 is 1.90 bits per heavy atom. The van der Waals surface area contributed by atoms with Gasteiger partial charge >= 0.3 is 0 Å². The SMILES string of the molecule is Cc1c(N=C2SC[C@H](C(C)OC(C)(C)C)N2C2CCCC2)ccc([N+](=O)[O-])c1C. The maximum absolute atomic E-state index is 11.2. The zero-order valence-corrected chi connectivity index (χ0v) is 19.2. The monoisotopic (exact) mass is 419 g/mol. The van der Waals surface area contributed by atoms with Gasteiger partial charge in [0.1, 0.15) is 0 Å². The van der Waals surface area contributed by atoms with Gasteiger partial charge in [-0.25, -0.2) is 4.99 Å². The van der Waals surface area contributed by atoms with E-state index in [4.69, 9.17) is 9.73 Å². The summed E-state index contributed by atoms with van der Waals surface area (Å²) < 4.78 is 6.31. The van der Waals surface area contributed by atoms with E-state index in [1.165, 1.54) is 25.7 Å². The molecule has 160 valence electrons. The van der Waals surface area contributed by atoms with E-state index in [1.807, 2.05) is 6.92 Å². The molecule has 0 aromatic heterocycles. The molecule has 0 amide bonds. The van der Waals surface area contributed by atoms with Crippen molar-refractivity contribution in [1.29, 1.82) is 0 Å². The number of benzene rings is 1. The van der Waals surface area contributed by atoms with Gasteiger partial charge in [0.05, 0.1) is 28.4 Å². The molecule has 29 heavy (non-hydrogen) atoms. The van der Waals surface area contributed by atoms with E-state index >= 15 is 0 Å². The summed E-state index contributed by atoms with van der Waals surface area (Å²) in [6.45, 7) is 12.2. The normalized spacial score (nSPS) is 23.2. The summed E-state index contributed by atoms with van der Waals surface area (Å²) in [5.41, 5.74) is 2.36. The molecule has 2 atom stereocenters. The van der Waals surface area contributed by atoms with Crippen molar-refractivity contribution >= 4 is 28.3 Å². The van der Waals surface area contributed by atoms with Crippen molar-refractivity contribution in [1.82, 2.24) is 4.90 Å². The fourth-order valence-electron chi connectivity index (χ4n) is 4.37. The first-order valence-electron chi connectivity index (χ1n) is 10.5. The first-order chi connectivity index (χ1) is 13.6. The van der Waals surface area contributed by atoms with E-state index in [2.05, 4.69) is 32.6 Å². The van der Waals surface area contributed by atoms with Crippen LogP contribution in [0.25, 0.3) is 0 Å². The second-order valence-electron chi connectivity index (χ2n) is 9.16. The smallest absolute Gasteiger partial charge is 0.272 e. The predicted molar refractivity (Wildman–Crippen MR) is 120 cm³/mol. The minimum atomic E-state index is -0.323. The zero-order chi connectivity index (χ0) is 21.3. The fourth-order valence-corrected chi connectivity index (χ4v) is 5.72. The molecule has 3 rings (SSSR count). The summed E-state index contributed by atoms with van der Waals surface area (Å²) in [5, 5.41) is 12.3. The number of nitrogens with zero attached hydrogens (tertiary/aromatic N) is 3. The Morgan fingerprint density at radius 1 is 1.24 bits per heavy atom. The number of aliphatic imine (C=N–C) groups is 1. The highest BCUT2D eigenvalue weighted by Gasteiger charge is 2.40. The number of hydrogen-bond acceptors (Lipinski definition) is 5. The van der Waals surface area contributed by atoms with E-state index in [9.17, 15) is 10.1 Å². The zero-order valence-electron chi connectivity index (χ0n) is 18.4. The van der Waals surface area contributed by atoms with Crippen LogP contribution in [0.2, 0.25) is 0 Å². The number of nitro groups is 1. The number of thioether (sulfide) groups is 1. The van der Waals surface area contributed by atoms with Crippen LogP contribution in [0.3, 0.4) is 0 Å². The number of ether oxygens (including phenoxy) is 1. The molecule has 0 spiro atoms. The molecule has 1 heterocycles. The molecule has 6 nitrogen and oxygen atoms in total. The number of amidine groups is 1.